The molecule has 0 heterocycles. The molecule has 0 aliphatic heterocycles. The van der Waals surface area contributed by atoms with Crippen molar-refractivity contribution in [1.29, 1.82) is 0 Å². The van der Waals surface area contributed by atoms with Crippen molar-refractivity contribution in [3.05, 3.63) is 35.4 Å². The van der Waals surface area contributed by atoms with Crippen LogP contribution in [-0.2, 0) is 16.6 Å². The van der Waals surface area contributed by atoms with Gasteiger partial charge in [0.2, 0.25) is 5.24 Å². The van der Waals surface area contributed by atoms with Crippen LogP contribution in [0.15, 0.2) is 24.3 Å². The third kappa shape index (κ3) is 4.36. The minimum atomic E-state index is -0.244. The first kappa shape index (κ1) is 13.2. The van der Waals surface area contributed by atoms with E-state index >= 15 is 0 Å². The van der Waals surface area contributed by atoms with E-state index in [0.717, 1.165) is 12.8 Å². The molecule has 1 nitrogen and oxygen atoms in total. The fraction of sp³-hybridized carbons (Fsp3) is 0.500. The van der Waals surface area contributed by atoms with Gasteiger partial charge in [0.05, 0.1) is 0 Å². The second kappa shape index (κ2) is 5.49. The molecule has 0 N–H and O–H groups in total. The number of rotatable bonds is 4. The fourth-order valence-corrected chi connectivity index (χ4v) is 1.74. The van der Waals surface area contributed by atoms with Crippen LogP contribution in [0.25, 0.3) is 0 Å². The van der Waals surface area contributed by atoms with Gasteiger partial charge in [-0.3, -0.25) is 4.79 Å². The number of halogens is 1. The Kier molecular flexibility index (Phi) is 4.55. The van der Waals surface area contributed by atoms with Gasteiger partial charge in [0.15, 0.2) is 0 Å². The van der Waals surface area contributed by atoms with Gasteiger partial charge >= 0.3 is 0 Å². The Bertz CT molecular complexity index is 346. The molecule has 0 aliphatic carbocycles. The summed E-state index contributed by atoms with van der Waals surface area (Å²) < 4.78 is 0. The van der Waals surface area contributed by atoms with Crippen molar-refractivity contribution in [3.63, 3.8) is 0 Å². The van der Waals surface area contributed by atoms with E-state index in [0.29, 0.717) is 6.42 Å². The molecule has 0 radical (unpaired) electrons. The van der Waals surface area contributed by atoms with E-state index in [1.165, 1.54) is 11.1 Å². The number of carbonyl (C=O) groups excluding carboxylic acids is 1. The fourth-order valence-electron chi connectivity index (χ4n) is 1.60. The minimum Gasteiger partial charge on any atom is -0.281 e. The van der Waals surface area contributed by atoms with Crippen molar-refractivity contribution in [2.24, 2.45) is 0 Å². The lowest BCUT2D eigenvalue weighted by Gasteiger charge is -2.19. The summed E-state index contributed by atoms with van der Waals surface area (Å²) in [5, 5.41) is -0.244. The summed E-state index contributed by atoms with van der Waals surface area (Å²) in [6, 6.07) is 8.61. The minimum absolute atomic E-state index is 0.199. The molecular weight excluding hydrogens is 220 g/mol. The van der Waals surface area contributed by atoms with Gasteiger partial charge in [0.1, 0.15) is 0 Å². The van der Waals surface area contributed by atoms with Crippen LogP contribution in [0.1, 0.15) is 44.7 Å². The molecule has 0 bridgehead atoms. The molecule has 0 unspecified atom stereocenters. The predicted molar refractivity (Wildman–Crippen MR) is 68.9 cm³/mol. The first-order chi connectivity index (χ1) is 7.39. The summed E-state index contributed by atoms with van der Waals surface area (Å²) in [5.74, 6) is 0. The smallest absolute Gasteiger partial charge is 0.221 e. The van der Waals surface area contributed by atoms with Gasteiger partial charge in [0.25, 0.3) is 0 Å². The van der Waals surface area contributed by atoms with Crippen LogP contribution < -0.4 is 0 Å². The SMILES string of the molecule is CC(C)(C)c1ccc(CCCC(=O)Cl)cc1. The van der Waals surface area contributed by atoms with Crippen molar-refractivity contribution in [2.75, 3.05) is 0 Å². The average Bonchev–Trinajstić information content (AvgIpc) is 2.16. The summed E-state index contributed by atoms with van der Waals surface area (Å²) in [4.78, 5) is 10.6. The first-order valence-electron chi connectivity index (χ1n) is 5.67. The molecule has 1 aromatic rings. The summed E-state index contributed by atoms with van der Waals surface area (Å²) in [6.45, 7) is 6.61. The molecule has 0 amide bonds. The maximum Gasteiger partial charge on any atom is 0.221 e. The summed E-state index contributed by atoms with van der Waals surface area (Å²) in [6.07, 6.45) is 2.21. The molecule has 2 heteroatoms. The van der Waals surface area contributed by atoms with Crippen LogP contribution in [0.3, 0.4) is 0 Å². The molecule has 0 saturated heterocycles. The maximum atomic E-state index is 10.6. The monoisotopic (exact) mass is 238 g/mol. The zero-order valence-corrected chi connectivity index (χ0v) is 11.0. The van der Waals surface area contributed by atoms with Crippen molar-refractivity contribution >= 4 is 16.8 Å². The van der Waals surface area contributed by atoms with Crippen LogP contribution in [0.5, 0.6) is 0 Å². The zero-order valence-electron chi connectivity index (χ0n) is 10.2. The van der Waals surface area contributed by atoms with Gasteiger partial charge in [-0.05, 0) is 41.0 Å². The second-order valence-electron chi connectivity index (χ2n) is 5.16. The summed E-state index contributed by atoms with van der Waals surface area (Å²) >= 11 is 5.29. The van der Waals surface area contributed by atoms with E-state index < -0.39 is 0 Å². The lowest BCUT2D eigenvalue weighted by molar-refractivity contribution is -0.111. The second-order valence-corrected chi connectivity index (χ2v) is 5.58. The highest BCUT2D eigenvalue weighted by Crippen LogP contribution is 2.22. The normalized spacial score (nSPS) is 11.5. The molecule has 0 atom stereocenters. The highest BCUT2D eigenvalue weighted by atomic mass is 35.5. The first-order valence-corrected chi connectivity index (χ1v) is 6.05. The van der Waals surface area contributed by atoms with Crippen molar-refractivity contribution < 1.29 is 4.79 Å². The molecular formula is C14H19ClO. The highest BCUT2D eigenvalue weighted by molar-refractivity contribution is 6.63. The van der Waals surface area contributed by atoms with Crippen LogP contribution in [-0.4, -0.2) is 5.24 Å². The van der Waals surface area contributed by atoms with E-state index in [-0.39, 0.29) is 10.7 Å². The number of aryl methyl sites for hydroxylation is 1. The van der Waals surface area contributed by atoms with Crippen molar-refractivity contribution in [1.82, 2.24) is 0 Å². The molecule has 0 fully saturated rings. The largest absolute Gasteiger partial charge is 0.281 e. The molecule has 0 aliphatic rings. The van der Waals surface area contributed by atoms with Gasteiger partial charge in [0, 0.05) is 6.42 Å². The summed E-state index contributed by atoms with van der Waals surface area (Å²) in [5.41, 5.74) is 2.81. The molecule has 0 spiro atoms. The van der Waals surface area contributed by atoms with Crippen LogP contribution in [0, 0.1) is 0 Å². The number of hydrogen-bond donors (Lipinski definition) is 0. The van der Waals surface area contributed by atoms with E-state index in [1.54, 1.807) is 0 Å². The van der Waals surface area contributed by atoms with Gasteiger partial charge in [-0.25, -0.2) is 0 Å². The lowest BCUT2D eigenvalue weighted by Crippen LogP contribution is -2.10. The quantitative estimate of drug-likeness (QED) is 0.723. The Labute approximate surface area is 103 Å². The Morgan fingerprint density at radius 3 is 2.19 bits per heavy atom. The Balaban J connectivity index is 2.55. The number of carbonyl (C=O) groups is 1. The summed E-state index contributed by atoms with van der Waals surface area (Å²) in [7, 11) is 0. The van der Waals surface area contributed by atoms with E-state index in [4.69, 9.17) is 11.6 Å². The Hall–Kier alpha value is -0.820. The van der Waals surface area contributed by atoms with Gasteiger partial charge in [-0.2, -0.15) is 0 Å². The van der Waals surface area contributed by atoms with Crippen LogP contribution >= 0.6 is 11.6 Å². The van der Waals surface area contributed by atoms with E-state index in [9.17, 15) is 4.79 Å². The van der Waals surface area contributed by atoms with Gasteiger partial charge in [-0.1, -0.05) is 45.0 Å². The molecule has 88 valence electrons. The highest BCUT2D eigenvalue weighted by Gasteiger charge is 2.12. The zero-order chi connectivity index (χ0) is 12.2. The van der Waals surface area contributed by atoms with Crippen LogP contribution in [0.4, 0.5) is 0 Å². The number of hydrogen-bond acceptors (Lipinski definition) is 1. The molecule has 16 heavy (non-hydrogen) atoms. The lowest BCUT2D eigenvalue weighted by atomic mass is 9.86. The van der Waals surface area contributed by atoms with Gasteiger partial charge < -0.3 is 0 Å². The standard InChI is InChI=1S/C14H19ClO/c1-14(2,3)12-9-7-11(8-10-12)5-4-6-13(15)16/h7-10H,4-6H2,1-3H3. The third-order valence-electron chi connectivity index (χ3n) is 2.66. The van der Waals surface area contributed by atoms with Crippen molar-refractivity contribution in [2.45, 2.75) is 45.4 Å². The third-order valence-corrected chi connectivity index (χ3v) is 2.85. The maximum absolute atomic E-state index is 10.6. The number of benzene rings is 1. The molecule has 1 rings (SSSR count). The van der Waals surface area contributed by atoms with Crippen molar-refractivity contribution in [3.8, 4) is 0 Å². The molecule has 1 aromatic carbocycles. The molecule has 0 saturated carbocycles. The average molecular weight is 239 g/mol. The predicted octanol–water partition coefficient (Wildman–Crippen LogP) is 4.07. The molecule has 0 aromatic heterocycles. The Morgan fingerprint density at radius 1 is 1.19 bits per heavy atom. The Morgan fingerprint density at radius 2 is 1.75 bits per heavy atom. The van der Waals surface area contributed by atoms with E-state index in [2.05, 4.69) is 45.0 Å². The van der Waals surface area contributed by atoms with E-state index in [1.807, 2.05) is 0 Å². The topological polar surface area (TPSA) is 17.1 Å². The van der Waals surface area contributed by atoms with Gasteiger partial charge in [-0.15, -0.1) is 0 Å². The van der Waals surface area contributed by atoms with Crippen LogP contribution in [0.2, 0.25) is 0 Å².